The van der Waals surface area contributed by atoms with Crippen molar-refractivity contribution in [1.29, 1.82) is 0 Å². The third kappa shape index (κ3) is 2.44. The highest BCUT2D eigenvalue weighted by Crippen LogP contribution is 2.54. The van der Waals surface area contributed by atoms with Gasteiger partial charge in [0, 0.05) is 30.3 Å². The van der Waals surface area contributed by atoms with Crippen LogP contribution in [0.2, 0.25) is 0 Å². The average Bonchev–Trinajstić information content (AvgIpc) is 3.12. The molecule has 4 rings (SSSR count). The second kappa shape index (κ2) is 5.99. The van der Waals surface area contributed by atoms with E-state index in [1.54, 1.807) is 0 Å². The highest BCUT2D eigenvalue weighted by molar-refractivity contribution is 5.88. The Kier molecular flexibility index (Phi) is 3.88. The molecular weight excluding hydrogens is 324 g/mol. The maximum absolute atomic E-state index is 11.2. The summed E-state index contributed by atoms with van der Waals surface area (Å²) in [5, 5.41) is 2.79. The SMILES string of the molecule is CC(=O)Nc1ccc(C=CC23OCCN2c2ccccc2C3(C)C)cc1. The lowest BCUT2D eigenvalue weighted by Crippen LogP contribution is -2.51. The van der Waals surface area contributed by atoms with E-state index in [9.17, 15) is 4.79 Å². The number of anilines is 2. The molecule has 0 spiro atoms. The van der Waals surface area contributed by atoms with Crippen LogP contribution in [0.5, 0.6) is 0 Å². The molecule has 0 bridgehead atoms. The molecule has 2 aromatic rings. The van der Waals surface area contributed by atoms with Gasteiger partial charge in [0.1, 0.15) is 0 Å². The van der Waals surface area contributed by atoms with Crippen LogP contribution < -0.4 is 10.2 Å². The van der Waals surface area contributed by atoms with E-state index < -0.39 is 5.72 Å². The summed E-state index contributed by atoms with van der Waals surface area (Å²) in [5.74, 6) is -0.0624. The monoisotopic (exact) mass is 348 g/mol. The zero-order chi connectivity index (χ0) is 18.4. The number of nitrogens with one attached hydrogen (secondary N) is 1. The van der Waals surface area contributed by atoms with Gasteiger partial charge in [-0.3, -0.25) is 4.79 Å². The smallest absolute Gasteiger partial charge is 0.221 e. The highest BCUT2D eigenvalue weighted by Gasteiger charge is 2.58. The first-order valence-electron chi connectivity index (χ1n) is 9.02. The number of carbonyl (C=O) groups excluding carboxylic acids is 1. The number of benzene rings is 2. The molecule has 2 heterocycles. The summed E-state index contributed by atoms with van der Waals surface area (Å²) in [6, 6.07) is 16.4. The molecule has 2 aromatic carbocycles. The second-order valence-electron chi connectivity index (χ2n) is 7.48. The number of fused-ring (bicyclic) bond motifs is 3. The molecule has 0 aliphatic carbocycles. The Balaban J connectivity index is 1.67. The number of rotatable bonds is 3. The molecule has 1 amide bonds. The number of hydrogen-bond donors (Lipinski definition) is 1. The zero-order valence-electron chi connectivity index (χ0n) is 15.5. The minimum Gasteiger partial charge on any atom is -0.349 e. The zero-order valence-corrected chi connectivity index (χ0v) is 15.5. The summed E-state index contributed by atoms with van der Waals surface area (Å²) in [6.07, 6.45) is 4.30. The topological polar surface area (TPSA) is 41.6 Å². The molecule has 2 aliphatic rings. The second-order valence-corrected chi connectivity index (χ2v) is 7.48. The van der Waals surface area contributed by atoms with Crippen LogP contribution in [-0.4, -0.2) is 24.8 Å². The molecule has 2 aliphatic heterocycles. The van der Waals surface area contributed by atoms with Crippen LogP contribution in [0.4, 0.5) is 11.4 Å². The number of para-hydroxylation sites is 1. The summed E-state index contributed by atoms with van der Waals surface area (Å²) < 4.78 is 6.34. The van der Waals surface area contributed by atoms with Crippen molar-refractivity contribution in [2.45, 2.75) is 31.9 Å². The fourth-order valence-corrected chi connectivity index (χ4v) is 4.22. The molecule has 0 radical (unpaired) electrons. The summed E-state index contributed by atoms with van der Waals surface area (Å²) in [7, 11) is 0. The maximum Gasteiger partial charge on any atom is 0.221 e. The summed E-state index contributed by atoms with van der Waals surface area (Å²) >= 11 is 0. The van der Waals surface area contributed by atoms with Crippen molar-refractivity contribution in [3.05, 3.63) is 65.7 Å². The maximum atomic E-state index is 11.2. The van der Waals surface area contributed by atoms with E-state index in [2.05, 4.69) is 60.5 Å². The molecule has 1 saturated heterocycles. The lowest BCUT2D eigenvalue weighted by atomic mass is 9.77. The molecular formula is C22H24N2O2. The van der Waals surface area contributed by atoms with Crippen LogP contribution in [0.25, 0.3) is 6.08 Å². The van der Waals surface area contributed by atoms with E-state index in [1.807, 2.05) is 24.3 Å². The van der Waals surface area contributed by atoms with Crippen molar-refractivity contribution < 1.29 is 9.53 Å². The van der Waals surface area contributed by atoms with E-state index in [0.29, 0.717) is 0 Å². The third-order valence-corrected chi connectivity index (χ3v) is 5.53. The van der Waals surface area contributed by atoms with Crippen molar-refractivity contribution in [1.82, 2.24) is 0 Å². The third-order valence-electron chi connectivity index (χ3n) is 5.53. The van der Waals surface area contributed by atoms with Crippen LogP contribution >= 0.6 is 0 Å². The Bertz CT molecular complexity index is 870. The van der Waals surface area contributed by atoms with E-state index in [4.69, 9.17) is 4.74 Å². The van der Waals surface area contributed by atoms with Gasteiger partial charge < -0.3 is 15.0 Å². The summed E-state index contributed by atoms with van der Waals surface area (Å²) in [4.78, 5) is 13.5. The molecule has 4 nitrogen and oxygen atoms in total. The van der Waals surface area contributed by atoms with E-state index in [1.165, 1.54) is 18.2 Å². The van der Waals surface area contributed by atoms with Crippen LogP contribution in [0.1, 0.15) is 31.9 Å². The van der Waals surface area contributed by atoms with Crippen LogP contribution in [0.3, 0.4) is 0 Å². The van der Waals surface area contributed by atoms with Crippen LogP contribution in [0.15, 0.2) is 54.6 Å². The normalized spacial score (nSPS) is 23.1. The molecule has 0 saturated carbocycles. The number of carbonyl (C=O) groups is 1. The number of ether oxygens (including phenoxy) is 1. The van der Waals surface area contributed by atoms with Gasteiger partial charge in [0.15, 0.2) is 5.72 Å². The molecule has 26 heavy (non-hydrogen) atoms. The Labute approximate surface area is 154 Å². The Morgan fingerprint density at radius 2 is 1.88 bits per heavy atom. The van der Waals surface area contributed by atoms with E-state index >= 15 is 0 Å². The predicted molar refractivity (Wildman–Crippen MR) is 105 cm³/mol. The lowest BCUT2D eigenvalue weighted by Gasteiger charge is -2.39. The van der Waals surface area contributed by atoms with Gasteiger partial charge in [-0.15, -0.1) is 0 Å². The summed E-state index contributed by atoms with van der Waals surface area (Å²) in [5.41, 5.74) is 3.86. The van der Waals surface area contributed by atoms with Crippen molar-refractivity contribution in [3.8, 4) is 0 Å². The molecule has 1 N–H and O–H groups in total. The van der Waals surface area contributed by atoms with Crippen molar-refractivity contribution in [2.75, 3.05) is 23.4 Å². The fourth-order valence-electron chi connectivity index (χ4n) is 4.22. The van der Waals surface area contributed by atoms with Crippen LogP contribution in [-0.2, 0) is 14.9 Å². The van der Waals surface area contributed by atoms with Gasteiger partial charge in [-0.2, -0.15) is 0 Å². The molecule has 134 valence electrons. The van der Waals surface area contributed by atoms with Crippen molar-refractivity contribution in [2.24, 2.45) is 0 Å². The highest BCUT2D eigenvalue weighted by atomic mass is 16.5. The Morgan fingerprint density at radius 1 is 1.15 bits per heavy atom. The molecule has 0 aromatic heterocycles. The molecule has 1 atom stereocenters. The van der Waals surface area contributed by atoms with Gasteiger partial charge in [-0.05, 0) is 35.4 Å². The molecule has 1 unspecified atom stereocenters. The quantitative estimate of drug-likeness (QED) is 0.905. The standard InChI is InChI=1S/C22H24N2O2/c1-16(25)23-18-10-8-17(9-11-18)12-13-22-21(2,3)19-6-4-5-7-20(19)24(22)14-15-26-22/h4-13H,14-15H2,1-3H3,(H,23,25). The Hall–Kier alpha value is -2.59. The minimum atomic E-state index is -0.465. The van der Waals surface area contributed by atoms with Gasteiger partial charge in [0.2, 0.25) is 5.91 Å². The van der Waals surface area contributed by atoms with Gasteiger partial charge >= 0.3 is 0 Å². The minimum absolute atomic E-state index is 0.0624. The number of amides is 1. The fraction of sp³-hybridized carbons (Fsp3) is 0.318. The van der Waals surface area contributed by atoms with E-state index in [0.717, 1.165) is 24.4 Å². The van der Waals surface area contributed by atoms with Crippen molar-refractivity contribution in [3.63, 3.8) is 0 Å². The van der Waals surface area contributed by atoms with Gasteiger partial charge in [-0.1, -0.05) is 50.3 Å². The largest absolute Gasteiger partial charge is 0.349 e. The first-order valence-corrected chi connectivity index (χ1v) is 9.02. The van der Waals surface area contributed by atoms with Crippen LogP contribution in [0, 0.1) is 0 Å². The molecule has 1 fully saturated rings. The molecule has 4 heteroatoms. The van der Waals surface area contributed by atoms with Gasteiger partial charge in [0.25, 0.3) is 0 Å². The average molecular weight is 348 g/mol. The first kappa shape index (κ1) is 16.9. The van der Waals surface area contributed by atoms with E-state index in [-0.39, 0.29) is 11.3 Å². The predicted octanol–water partition coefficient (Wildman–Crippen LogP) is 4.18. The lowest BCUT2D eigenvalue weighted by molar-refractivity contribution is -0.114. The summed E-state index contributed by atoms with van der Waals surface area (Å²) in [6.45, 7) is 7.64. The van der Waals surface area contributed by atoms with Crippen molar-refractivity contribution >= 4 is 23.4 Å². The Morgan fingerprint density at radius 3 is 2.62 bits per heavy atom. The number of nitrogens with zero attached hydrogens (tertiary/aromatic N) is 1. The number of hydrogen-bond acceptors (Lipinski definition) is 3. The van der Waals surface area contributed by atoms with Gasteiger partial charge in [0.05, 0.1) is 6.61 Å². The van der Waals surface area contributed by atoms with Gasteiger partial charge in [-0.25, -0.2) is 0 Å². The first-order chi connectivity index (χ1) is 12.4.